The van der Waals surface area contributed by atoms with Crippen LogP contribution in [-0.2, 0) is 22.1 Å². The van der Waals surface area contributed by atoms with Gasteiger partial charge in [-0.05, 0) is 57.5 Å². The average molecular weight is 511 g/mol. The quantitative estimate of drug-likeness (QED) is 0.669. The number of ether oxygens (including phenoxy) is 1. The maximum atomic E-state index is 14.0. The van der Waals surface area contributed by atoms with Gasteiger partial charge in [0.2, 0.25) is 11.8 Å². The zero-order valence-electron chi connectivity index (χ0n) is 22.8. The van der Waals surface area contributed by atoms with Crippen molar-refractivity contribution in [2.75, 3.05) is 54.0 Å². The van der Waals surface area contributed by atoms with Crippen molar-refractivity contribution < 1.29 is 19.4 Å². The lowest BCUT2D eigenvalue weighted by Gasteiger charge is -2.51. The molecule has 1 saturated carbocycles. The molecule has 0 bridgehead atoms. The van der Waals surface area contributed by atoms with E-state index in [1.165, 1.54) is 12.0 Å². The summed E-state index contributed by atoms with van der Waals surface area (Å²) in [6.07, 6.45) is 6.87. The summed E-state index contributed by atoms with van der Waals surface area (Å²) in [5.74, 6) is 1.18. The number of aliphatic hydroxyl groups is 1. The molecule has 1 saturated heterocycles. The average Bonchev–Trinajstić information content (AvgIpc) is 3.21. The van der Waals surface area contributed by atoms with Crippen LogP contribution in [0, 0.1) is 5.92 Å². The number of aromatic nitrogens is 1. The third-order valence-electron chi connectivity index (χ3n) is 9.08. The fraction of sp³-hybridized carbons (Fsp3) is 0.655. The Morgan fingerprint density at radius 2 is 1.84 bits per heavy atom. The number of piperidine rings is 1. The van der Waals surface area contributed by atoms with Crippen molar-refractivity contribution in [1.82, 2.24) is 19.3 Å². The minimum Gasteiger partial charge on any atom is -0.497 e. The number of rotatable bonds is 5. The number of methoxy groups -OCH3 is 1. The molecule has 3 aliphatic rings. The maximum Gasteiger partial charge on any atom is 0.236 e. The fourth-order valence-corrected chi connectivity index (χ4v) is 7.14. The predicted molar refractivity (Wildman–Crippen MR) is 144 cm³/mol. The first kappa shape index (κ1) is 26.0. The molecule has 1 N–H and O–H groups in total. The van der Waals surface area contributed by atoms with Crippen LogP contribution in [0.5, 0.6) is 5.75 Å². The highest BCUT2D eigenvalue weighted by atomic mass is 16.5. The zero-order chi connectivity index (χ0) is 26.3. The summed E-state index contributed by atoms with van der Waals surface area (Å²) < 4.78 is 7.70. The molecule has 2 amide bonds. The van der Waals surface area contributed by atoms with Crippen LogP contribution < -0.4 is 4.74 Å². The van der Waals surface area contributed by atoms with Crippen molar-refractivity contribution in [2.45, 2.75) is 56.4 Å². The maximum absolute atomic E-state index is 14.0. The lowest BCUT2D eigenvalue weighted by molar-refractivity contribution is -0.144. The minimum atomic E-state index is -0.369. The van der Waals surface area contributed by atoms with Gasteiger partial charge >= 0.3 is 0 Å². The van der Waals surface area contributed by atoms with Crippen molar-refractivity contribution in [1.29, 1.82) is 0 Å². The molecule has 2 aliphatic heterocycles. The summed E-state index contributed by atoms with van der Waals surface area (Å²) in [6, 6.07) is 5.82. The molecule has 202 valence electrons. The number of carbonyl (C=O) groups excluding carboxylic acids is 2. The summed E-state index contributed by atoms with van der Waals surface area (Å²) in [5.41, 5.74) is 3.09. The lowest BCUT2D eigenvalue weighted by Crippen LogP contribution is -2.57. The number of hydrogen-bond acceptors (Lipinski definition) is 5. The van der Waals surface area contributed by atoms with E-state index in [4.69, 9.17) is 4.74 Å². The third-order valence-corrected chi connectivity index (χ3v) is 9.08. The van der Waals surface area contributed by atoms with Gasteiger partial charge in [-0.1, -0.05) is 19.3 Å². The van der Waals surface area contributed by atoms with E-state index in [0.717, 1.165) is 60.9 Å². The van der Waals surface area contributed by atoms with Gasteiger partial charge in [0.15, 0.2) is 0 Å². The standard InChI is InChI=1S/C29H42N4O4/c1-30(2)17-25(35)32-14-12-29(13-15-32)19-33(28(36)20-8-6-5-7-9-20)24(18-34)27-26(29)22-11-10-21(37-4)16-23(22)31(27)3/h10-11,16,20,24,34H,5-9,12-15,17-19H2,1-4H3/t24-/m1/s1. The van der Waals surface area contributed by atoms with Crippen LogP contribution in [0.4, 0.5) is 0 Å². The van der Waals surface area contributed by atoms with E-state index in [9.17, 15) is 14.7 Å². The van der Waals surface area contributed by atoms with Crippen LogP contribution in [-0.4, -0.2) is 90.2 Å². The normalized spacial score (nSPS) is 22.1. The summed E-state index contributed by atoms with van der Waals surface area (Å²) in [5, 5.41) is 11.9. The molecule has 0 radical (unpaired) electrons. The minimum absolute atomic E-state index is 0.0398. The van der Waals surface area contributed by atoms with Crippen LogP contribution in [0.3, 0.4) is 0 Å². The smallest absolute Gasteiger partial charge is 0.236 e. The molecule has 3 heterocycles. The van der Waals surface area contributed by atoms with Crippen LogP contribution in [0.15, 0.2) is 18.2 Å². The van der Waals surface area contributed by atoms with Gasteiger partial charge in [0, 0.05) is 55.2 Å². The summed E-state index contributed by atoms with van der Waals surface area (Å²) >= 11 is 0. The Labute approximate surface area is 220 Å². The molecule has 2 fully saturated rings. The second-order valence-electron chi connectivity index (χ2n) is 11.6. The SMILES string of the molecule is COc1ccc2c3c(n(C)c2c1)[C@@H](CO)N(C(=O)C1CCCCC1)CC31CCN(C(=O)CN(C)C)CC1. The number of hydrogen-bond donors (Lipinski definition) is 1. The number of nitrogens with zero attached hydrogens (tertiary/aromatic N) is 4. The van der Waals surface area contributed by atoms with Crippen molar-refractivity contribution in [3.8, 4) is 5.75 Å². The summed E-state index contributed by atoms with van der Waals surface area (Å²) in [7, 11) is 7.56. The number of amides is 2. The first-order chi connectivity index (χ1) is 17.8. The molecule has 8 heteroatoms. The van der Waals surface area contributed by atoms with Crippen molar-refractivity contribution in [2.24, 2.45) is 13.0 Å². The topological polar surface area (TPSA) is 78.2 Å². The number of likely N-dealkylation sites (tertiary alicyclic amines) is 1. The van der Waals surface area contributed by atoms with Crippen LogP contribution >= 0.6 is 0 Å². The fourth-order valence-electron chi connectivity index (χ4n) is 7.14. The highest BCUT2D eigenvalue weighted by Gasteiger charge is 2.50. The molecular weight excluding hydrogens is 468 g/mol. The highest BCUT2D eigenvalue weighted by Crippen LogP contribution is 2.50. The molecular formula is C29H42N4O4. The molecule has 1 aromatic heterocycles. The lowest BCUT2D eigenvalue weighted by atomic mass is 9.67. The van der Waals surface area contributed by atoms with Crippen molar-refractivity contribution in [3.63, 3.8) is 0 Å². The predicted octanol–water partition coefficient (Wildman–Crippen LogP) is 3.06. The number of aryl methyl sites for hydroxylation is 1. The van der Waals surface area contributed by atoms with E-state index < -0.39 is 0 Å². The molecule has 1 spiro atoms. The Morgan fingerprint density at radius 1 is 1.14 bits per heavy atom. The Kier molecular flexibility index (Phi) is 7.24. The molecule has 5 rings (SSSR count). The molecule has 1 atom stereocenters. The first-order valence-corrected chi connectivity index (χ1v) is 13.8. The van der Waals surface area contributed by atoms with Gasteiger partial charge in [0.05, 0.1) is 31.8 Å². The third kappa shape index (κ3) is 4.52. The van der Waals surface area contributed by atoms with E-state index >= 15 is 0 Å². The number of likely N-dealkylation sites (N-methyl/N-ethyl adjacent to an activating group) is 1. The summed E-state index contributed by atoms with van der Waals surface area (Å²) in [6.45, 7) is 2.25. The van der Waals surface area contributed by atoms with Crippen LogP contribution in [0.2, 0.25) is 0 Å². The molecule has 8 nitrogen and oxygen atoms in total. The largest absolute Gasteiger partial charge is 0.497 e. The molecule has 1 aliphatic carbocycles. The van der Waals surface area contributed by atoms with E-state index in [1.807, 2.05) is 41.9 Å². The second kappa shape index (κ2) is 10.3. The molecule has 2 aromatic rings. The van der Waals surface area contributed by atoms with Gasteiger partial charge in [-0.2, -0.15) is 0 Å². The van der Waals surface area contributed by atoms with Crippen LogP contribution in [0.1, 0.15) is 62.2 Å². The Balaban J connectivity index is 1.59. The number of aliphatic hydroxyl groups excluding tert-OH is 1. The Bertz CT molecular complexity index is 1160. The van der Waals surface area contributed by atoms with Gasteiger partial charge in [-0.15, -0.1) is 0 Å². The highest BCUT2D eigenvalue weighted by molar-refractivity contribution is 5.90. The number of fused-ring (bicyclic) bond motifs is 4. The Morgan fingerprint density at radius 3 is 2.46 bits per heavy atom. The van der Waals surface area contributed by atoms with Gasteiger partial charge < -0.3 is 29.1 Å². The van der Waals surface area contributed by atoms with Gasteiger partial charge in [0.25, 0.3) is 0 Å². The molecule has 0 unspecified atom stereocenters. The van der Waals surface area contributed by atoms with Gasteiger partial charge in [-0.3, -0.25) is 9.59 Å². The number of benzene rings is 1. The van der Waals surface area contributed by atoms with E-state index in [2.05, 4.69) is 16.7 Å². The molecule has 37 heavy (non-hydrogen) atoms. The van der Waals surface area contributed by atoms with Gasteiger partial charge in [0.1, 0.15) is 5.75 Å². The second-order valence-corrected chi connectivity index (χ2v) is 11.6. The van der Waals surface area contributed by atoms with Crippen molar-refractivity contribution in [3.05, 3.63) is 29.5 Å². The number of carbonyl (C=O) groups is 2. The Hall–Kier alpha value is -2.58. The zero-order valence-corrected chi connectivity index (χ0v) is 22.8. The van der Waals surface area contributed by atoms with E-state index in [-0.39, 0.29) is 35.8 Å². The van der Waals surface area contributed by atoms with Crippen LogP contribution in [0.25, 0.3) is 10.9 Å². The van der Waals surface area contributed by atoms with E-state index in [0.29, 0.717) is 26.2 Å². The van der Waals surface area contributed by atoms with E-state index in [1.54, 1.807) is 7.11 Å². The summed E-state index contributed by atoms with van der Waals surface area (Å²) in [4.78, 5) is 32.8. The van der Waals surface area contributed by atoms with Crippen molar-refractivity contribution >= 4 is 22.7 Å². The monoisotopic (exact) mass is 510 g/mol. The van der Waals surface area contributed by atoms with Gasteiger partial charge in [-0.25, -0.2) is 0 Å². The molecule has 1 aromatic carbocycles. The first-order valence-electron chi connectivity index (χ1n) is 13.8.